The maximum atomic E-state index is 8.00. The fourth-order valence-corrected chi connectivity index (χ4v) is 3.39. The van der Waals surface area contributed by atoms with Crippen molar-refractivity contribution in [1.29, 1.82) is 0 Å². The van der Waals surface area contributed by atoms with Gasteiger partial charge < -0.3 is 19.4 Å². The fraction of sp³-hybridized carbons (Fsp3) is 0.625. The van der Waals surface area contributed by atoms with Crippen LogP contribution in [0.4, 0.5) is 5.82 Å². The van der Waals surface area contributed by atoms with E-state index < -0.39 is 0 Å². The molecule has 1 aliphatic rings. The Bertz CT molecular complexity index is 723. The minimum absolute atomic E-state index is 0.0468. The Hall–Kier alpha value is -2.21. The summed E-state index contributed by atoms with van der Waals surface area (Å²) >= 11 is 0. The molecule has 168 valence electrons. The number of nitrogens with one attached hydrogen (secondary N) is 1. The molecule has 1 fully saturated rings. The van der Waals surface area contributed by atoms with Gasteiger partial charge in [0.1, 0.15) is 24.2 Å². The van der Waals surface area contributed by atoms with Crippen molar-refractivity contribution in [1.82, 2.24) is 14.9 Å². The van der Waals surface area contributed by atoms with E-state index in [4.69, 9.17) is 9.21 Å². The van der Waals surface area contributed by atoms with E-state index >= 15 is 0 Å². The standard InChI is InChI=1S/C14H19N3O.C9H19N.CH2O/c1-10-8-16-13(14(2,3)4)17-12(10)15-9-11-6-5-7-18-11;1-8(2)7-9-5-4-6-10(9)3;1-2/h5-8H,9H2,1-4H3,(H,15,16,17);8-9H,4-7H2,1-3H3;1H2. The zero-order valence-electron chi connectivity index (χ0n) is 19.9. The van der Waals surface area contributed by atoms with Crippen LogP contribution in [0.1, 0.15) is 71.0 Å². The van der Waals surface area contributed by atoms with Crippen LogP contribution in [0.2, 0.25) is 0 Å². The number of rotatable bonds is 5. The molecular weight excluding hydrogens is 376 g/mol. The van der Waals surface area contributed by atoms with Crippen LogP contribution in [0.25, 0.3) is 0 Å². The molecule has 2 aromatic heterocycles. The second-order valence-corrected chi connectivity index (χ2v) is 9.31. The normalized spacial score (nSPS) is 16.5. The average Bonchev–Trinajstić information content (AvgIpc) is 3.34. The lowest BCUT2D eigenvalue weighted by Crippen LogP contribution is -2.25. The zero-order chi connectivity index (χ0) is 22.7. The molecular formula is C24H40N4O2. The van der Waals surface area contributed by atoms with Crippen molar-refractivity contribution in [2.75, 3.05) is 18.9 Å². The Morgan fingerprint density at radius 3 is 2.53 bits per heavy atom. The number of anilines is 1. The van der Waals surface area contributed by atoms with E-state index in [0.29, 0.717) is 6.54 Å². The van der Waals surface area contributed by atoms with Crippen LogP contribution < -0.4 is 5.32 Å². The van der Waals surface area contributed by atoms with Gasteiger partial charge in [0.05, 0.1) is 12.8 Å². The van der Waals surface area contributed by atoms with E-state index in [-0.39, 0.29) is 5.41 Å². The fourth-order valence-electron chi connectivity index (χ4n) is 3.39. The highest BCUT2D eigenvalue weighted by atomic mass is 16.3. The molecule has 3 rings (SSSR count). The Morgan fingerprint density at radius 2 is 2.03 bits per heavy atom. The van der Waals surface area contributed by atoms with Gasteiger partial charge in [-0.1, -0.05) is 34.6 Å². The molecule has 0 radical (unpaired) electrons. The molecule has 1 N–H and O–H groups in total. The van der Waals surface area contributed by atoms with Gasteiger partial charge in [-0.3, -0.25) is 0 Å². The van der Waals surface area contributed by atoms with Crippen molar-refractivity contribution in [2.45, 2.75) is 78.8 Å². The molecule has 6 nitrogen and oxygen atoms in total. The summed E-state index contributed by atoms with van der Waals surface area (Å²) in [5.74, 6) is 3.47. The first-order valence-corrected chi connectivity index (χ1v) is 10.8. The van der Waals surface area contributed by atoms with Gasteiger partial charge in [0, 0.05) is 23.2 Å². The number of carbonyl (C=O) groups excluding carboxylic acids is 1. The summed E-state index contributed by atoms with van der Waals surface area (Å²) in [7, 11) is 2.25. The van der Waals surface area contributed by atoms with Gasteiger partial charge in [0.25, 0.3) is 0 Å². The van der Waals surface area contributed by atoms with Gasteiger partial charge in [-0.2, -0.15) is 0 Å². The van der Waals surface area contributed by atoms with Crippen molar-refractivity contribution < 1.29 is 9.21 Å². The maximum absolute atomic E-state index is 8.00. The van der Waals surface area contributed by atoms with E-state index in [1.807, 2.05) is 32.0 Å². The Kier molecular flexibility index (Phi) is 10.7. The molecule has 30 heavy (non-hydrogen) atoms. The minimum Gasteiger partial charge on any atom is -0.467 e. The summed E-state index contributed by atoms with van der Waals surface area (Å²) in [6.45, 7) is 16.9. The van der Waals surface area contributed by atoms with Crippen molar-refractivity contribution in [2.24, 2.45) is 5.92 Å². The van der Waals surface area contributed by atoms with E-state index in [1.54, 1.807) is 6.26 Å². The van der Waals surface area contributed by atoms with Crippen molar-refractivity contribution in [3.63, 3.8) is 0 Å². The second-order valence-electron chi connectivity index (χ2n) is 9.31. The molecule has 0 saturated carbocycles. The third-order valence-corrected chi connectivity index (χ3v) is 5.07. The van der Waals surface area contributed by atoms with E-state index in [0.717, 1.165) is 34.9 Å². The Morgan fingerprint density at radius 1 is 1.33 bits per heavy atom. The van der Waals surface area contributed by atoms with Crippen LogP contribution >= 0.6 is 0 Å². The number of nitrogens with zero attached hydrogens (tertiary/aromatic N) is 3. The van der Waals surface area contributed by atoms with E-state index in [9.17, 15) is 0 Å². The highest BCUT2D eigenvalue weighted by molar-refractivity contribution is 5.42. The lowest BCUT2D eigenvalue weighted by Gasteiger charge is -2.20. The van der Waals surface area contributed by atoms with Crippen molar-refractivity contribution in [3.8, 4) is 0 Å². The number of aromatic nitrogens is 2. The number of aryl methyl sites for hydroxylation is 1. The number of carbonyl (C=O) groups is 1. The molecule has 3 heterocycles. The summed E-state index contributed by atoms with van der Waals surface area (Å²) < 4.78 is 5.29. The Labute approximate surface area is 182 Å². The average molecular weight is 417 g/mol. The third-order valence-electron chi connectivity index (χ3n) is 5.07. The van der Waals surface area contributed by atoms with Gasteiger partial charge in [-0.25, -0.2) is 9.97 Å². The van der Waals surface area contributed by atoms with Crippen LogP contribution in [0, 0.1) is 12.8 Å². The van der Waals surface area contributed by atoms with Crippen LogP contribution in [0.5, 0.6) is 0 Å². The molecule has 1 unspecified atom stereocenters. The van der Waals surface area contributed by atoms with E-state index in [1.165, 1.54) is 25.8 Å². The zero-order valence-corrected chi connectivity index (χ0v) is 19.9. The summed E-state index contributed by atoms with van der Waals surface area (Å²) in [4.78, 5) is 19.5. The summed E-state index contributed by atoms with van der Waals surface area (Å²) in [5, 5.41) is 3.28. The van der Waals surface area contributed by atoms with Crippen molar-refractivity contribution in [3.05, 3.63) is 41.7 Å². The van der Waals surface area contributed by atoms with Crippen LogP contribution in [-0.4, -0.2) is 41.3 Å². The minimum atomic E-state index is -0.0468. The monoisotopic (exact) mass is 416 g/mol. The van der Waals surface area contributed by atoms with Gasteiger partial charge in [0.2, 0.25) is 0 Å². The number of hydrogen-bond donors (Lipinski definition) is 1. The third kappa shape index (κ3) is 8.66. The number of hydrogen-bond acceptors (Lipinski definition) is 6. The predicted molar refractivity (Wildman–Crippen MR) is 124 cm³/mol. The predicted octanol–water partition coefficient (Wildman–Crippen LogP) is 5.23. The maximum Gasteiger partial charge on any atom is 0.135 e. The molecule has 6 heteroatoms. The molecule has 1 saturated heterocycles. The number of furan rings is 1. The van der Waals surface area contributed by atoms with Crippen molar-refractivity contribution >= 4 is 12.6 Å². The van der Waals surface area contributed by atoms with Gasteiger partial charge >= 0.3 is 0 Å². The van der Waals surface area contributed by atoms with Gasteiger partial charge in [-0.05, 0) is 57.8 Å². The first-order valence-electron chi connectivity index (χ1n) is 10.8. The highest BCUT2D eigenvalue weighted by Gasteiger charge is 2.21. The first kappa shape index (κ1) is 25.8. The molecule has 0 bridgehead atoms. The molecule has 1 atom stereocenters. The molecule has 0 aromatic carbocycles. The summed E-state index contributed by atoms with van der Waals surface area (Å²) in [5.41, 5.74) is 0.990. The smallest absolute Gasteiger partial charge is 0.135 e. The topological polar surface area (TPSA) is 71.3 Å². The molecule has 0 aliphatic carbocycles. The SMILES string of the molecule is C=O.CC(C)CC1CCCN1C.Cc1cnc(C(C)(C)C)nc1NCc1ccco1. The highest BCUT2D eigenvalue weighted by Crippen LogP contribution is 2.22. The number of likely N-dealkylation sites (tertiary alicyclic amines) is 1. The molecule has 0 amide bonds. The lowest BCUT2D eigenvalue weighted by atomic mass is 9.95. The molecule has 1 aliphatic heterocycles. The Balaban J connectivity index is 0.000000318. The van der Waals surface area contributed by atoms with E-state index in [2.05, 4.69) is 61.9 Å². The summed E-state index contributed by atoms with van der Waals surface area (Å²) in [6.07, 6.45) is 7.75. The quantitative estimate of drug-likeness (QED) is 0.720. The van der Waals surface area contributed by atoms with Crippen LogP contribution in [0.3, 0.4) is 0 Å². The summed E-state index contributed by atoms with van der Waals surface area (Å²) in [6, 6.07) is 4.71. The van der Waals surface area contributed by atoms with Gasteiger partial charge in [0.15, 0.2) is 0 Å². The van der Waals surface area contributed by atoms with Crippen LogP contribution in [-0.2, 0) is 16.8 Å². The van der Waals surface area contributed by atoms with Crippen LogP contribution in [0.15, 0.2) is 29.0 Å². The largest absolute Gasteiger partial charge is 0.467 e. The van der Waals surface area contributed by atoms with Gasteiger partial charge in [-0.15, -0.1) is 0 Å². The lowest BCUT2D eigenvalue weighted by molar-refractivity contribution is -0.0979. The first-order chi connectivity index (χ1) is 14.2. The molecule has 0 spiro atoms. The molecule has 2 aromatic rings. The second kappa shape index (κ2) is 12.5.